The number of allylic oxidation sites excluding steroid dienone is 4. The lowest BCUT2D eigenvalue weighted by molar-refractivity contribution is -0.164. The van der Waals surface area contributed by atoms with E-state index in [9.17, 15) is 9.59 Å². The minimum absolute atomic E-state index is 0.167. The van der Waals surface area contributed by atoms with E-state index < -0.39 is 0 Å². The van der Waals surface area contributed by atoms with Gasteiger partial charge in [-0.15, -0.1) is 0 Å². The molecule has 0 unspecified atom stereocenters. The monoisotopic (exact) mass is 632 g/mol. The van der Waals surface area contributed by atoms with Crippen molar-refractivity contribution in [3.8, 4) is 0 Å². The first-order valence-electron chi connectivity index (χ1n) is 19.6. The van der Waals surface area contributed by atoms with E-state index in [1.807, 2.05) is 0 Å². The van der Waals surface area contributed by atoms with Crippen LogP contribution in [0, 0.1) is 0 Å². The van der Waals surface area contributed by atoms with Gasteiger partial charge in [-0.2, -0.15) is 0 Å². The van der Waals surface area contributed by atoms with Crippen LogP contribution < -0.4 is 5.32 Å². The summed E-state index contributed by atoms with van der Waals surface area (Å²) in [6.07, 6.45) is 41.8. The Hall–Kier alpha value is -1.62. The molecule has 0 aromatic carbocycles. The third-order valence-electron chi connectivity index (χ3n) is 8.96. The van der Waals surface area contributed by atoms with Crippen LogP contribution in [0.4, 0.5) is 0 Å². The molecule has 2 atom stereocenters. The highest BCUT2D eigenvalue weighted by Gasteiger charge is 2.33. The zero-order valence-corrected chi connectivity index (χ0v) is 29.8. The SMILES string of the molecule is CCCCCCCC/C=C/CCCCCCCC(=O)O[C@@H]1CNC[C@H]1OC(=O)CCCCCCC/C=C/CCCCCCCC. The molecule has 1 fully saturated rings. The molecule has 0 spiro atoms. The van der Waals surface area contributed by atoms with Gasteiger partial charge in [0.2, 0.25) is 0 Å². The molecule has 0 aromatic rings. The normalized spacial score (nSPS) is 16.7. The fraction of sp³-hybridized carbons (Fsp3) is 0.850. The summed E-state index contributed by atoms with van der Waals surface area (Å²) in [6.45, 7) is 5.65. The molecule has 262 valence electrons. The number of esters is 2. The molecular weight excluding hydrogens is 558 g/mol. The first-order valence-corrected chi connectivity index (χ1v) is 19.6. The standard InChI is InChI=1S/C40H73NO4/c1-3-5-7-9-11-13-15-17-19-21-23-25-27-29-31-33-39(42)44-37-35-41-36-38(37)45-40(43)34-32-30-28-26-24-22-20-18-16-14-12-10-8-6-4-2/h17-20,37-38,41H,3-16,21-36H2,1-2H3/b19-17+,20-18+/t37-,38-/m1/s1. The Labute approximate surface area is 279 Å². The van der Waals surface area contributed by atoms with Crippen molar-refractivity contribution in [1.29, 1.82) is 0 Å². The molecule has 1 heterocycles. The second-order valence-electron chi connectivity index (χ2n) is 13.4. The van der Waals surface area contributed by atoms with Crippen LogP contribution in [-0.2, 0) is 19.1 Å². The highest BCUT2D eigenvalue weighted by Crippen LogP contribution is 2.16. The summed E-state index contributed by atoms with van der Waals surface area (Å²) in [5.74, 6) is -0.334. The second-order valence-corrected chi connectivity index (χ2v) is 13.4. The van der Waals surface area contributed by atoms with Crippen LogP contribution in [0.3, 0.4) is 0 Å². The maximum absolute atomic E-state index is 12.4. The number of rotatable bonds is 32. The Kier molecular flexibility index (Phi) is 29.7. The highest BCUT2D eigenvalue weighted by atomic mass is 16.6. The van der Waals surface area contributed by atoms with Crippen molar-refractivity contribution in [2.45, 2.75) is 206 Å². The van der Waals surface area contributed by atoms with Gasteiger partial charge < -0.3 is 14.8 Å². The zero-order chi connectivity index (χ0) is 32.5. The molecule has 1 N–H and O–H groups in total. The van der Waals surface area contributed by atoms with Crippen molar-refractivity contribution in [2.24, 2.45) is 0 Å². The summed E-state index contributed by atoms with van der Waals surface area (Å²) in [7, 11) is 0. The third-order valence-corrected chi connectivity index (χ3v) is 8.96. The van der Waals surface area contributed by atoms with E-state index in [0.29, 0.717) is 25.9 Å². The first kappa shape index (κ1) is 41.4. The van der Waals surface area contributed by atoms with E-state index in [2.05, 4.69) is 43.5 Å². The van der Waals surface area contributed by atoms with Gasteiger partial charge in [0.25, 0.3) is 0 Å². The molecule has 0 radical (unpaired) electrons. The number of carbonyl (C=O) groups excluding carboxylic acids is 2. The van der Waals surface area contributed by atoms with Gasteiger partial charge in [0.1, 0.15) is 0 Å². The fourth-order valence-corrected chi connectivity index (χ4v) is 6.00. The summed E-state index contributed by atoms with van der Waals surface area (Å²) in [5, 5.41) is 3.21. The summed E-state index contributed by atoms with van der Waals surface area (Å²) < 4.78 is 11.4. The van der Waals surface area contributed by atoms with E-state index >= 15 is 0 Å². The van der Waals surface area contributed by atoms with Crippen molar-refractivity contribution in [1.82, 2.24) is 5.32 Å². The summed E-state index contributed by atoms with van der Waals surface area (Å²) in [6, 6.07) is 0. The Balaban J connectivity index is 1.95. The fourth-order valence-electron chi connectivity index (χ4n) is 6.00. The van der Waals surface area contributed by atoms with Gasteiger partial charge in [0.15, 0.2) is 12.2 Å². The Morgan fingerprint density at radius 2 is 0.756 bits per heavy atom. The number of carbonyl (C=O) groups is 2. The van der Waals surface area contributed by atoms with Crippen molar-refractivity contribution in [2.75, 3.05) is 13.1 Å². The van der Waals surface area contributed by atoms with Crippen molar-refractivity contribution < 1.29 is 19.1 Å². The zero-order valence-electron chi connectivity index (χ0n) is 29.8. The van der Waals surface area contributed by atoms with Gasteiger partial charge in [-0.3, -0.25) is 9.59 Å². The van der Waals surface area contributed by atoms with Crippen LogP contribution in [-0.4, -0.2) is 37.2 Å². The molecule has 0 amide bonds. The average molecular weight is 632 g/mol. The van der Waals surface area contributed by atoms with Crippen LogP contribution in [0.1, 0.15) is 194 Å². The van der Waals surface area contributed by atoms with Crippen molar-refractivity contribution in [3.63, 3.8) is 0 Å². The molecule has 0 bridgehead atoms. The van der Waals surface area contributed by atoms with Crippen LogP contribution in [0.5, 0.6) is 0 Å². The van der Waals surface area contributed by atoms with E-state index in [1.54, 1.807) is 0 Å². The third kappa shape index (κ3) is 27.2. The lowest BCUT2D eigenvalue weighted by atomic mass is 10.1. The molecule has 5 nitrogen and oxygen atoms in total. The molecule has 1 aliphatic rings. The second kappa shape index (κ2) is 32.3. The topological polar surface area (TPSA) is 64.6 Å². The van der Waals surface area contributed by atoms with Gasteiger partial charge in [-0.1, -0.05) is 141 Å². The van der Waals surface area contributed by atoms with E-state index in [0.717, 1.165) is 25.7 Å². The van der Waals surface area contributed by atoms with Gasteiger partial charge in [0, 0.05) is 25.9 Å². The predicted molar refractivity (Wildman–Crippen MR) is 192 cm³/mol. The Morgan fingerprint density at radius 3 is 1.09 bits per heavy atom. The number of unbranched alkanes of at least 4 members (excludes halogenated alkanes) is 22. The largest absolute Gasteiger partial charge is 0.457 e. The molecule has 1 saturated heterocycles. The molecule has 5 heteroatoms. The lowest BCUT2D eigenvalue weighted by Gasteiger charge is -2.19. The van der Waals surface area contributed by atoms with Crippen LogP contribution in [0.25, 0.3) is 0 Å². The average Bonchev–Trinajstić information content (AvgIpc) is 3.46. The molecule has 45 heavy (non-hydrogen) atoms. The van der Waals surface area contributed by atoms with Gasteiger partial charge >= 0.3 is 11.9 Å². The quantitative estimate of drug-likeness (QED) is 0.0454. The number of hydrogen-bond donors (Lipinski definition) is 1. The molecule has 0 aliphatic carbocycles. The molecular formula is C40H73NO4. The number of ether oxygens (including phenoxy) is 2. The van der Waals surface area contributed by atoms with Crippen molar-refractivity contribution >= 4 is 11.9 Å². The van der Waals surface area contributed by atoms with Crippen LogP contribution >= 0.6 is 0 Å². The predicted octanol–water partition coefficient (Wildman–Crippen LogP) is 11.5. The molecule has 1 rings (SSSR count). The maximum atomic E-state index is 12.4. The van der Waals surface area contributed by atoms with Crippen LogP contribution in [0.15, 0.2) is 24.3 Å². The van der Waals surface area contributed by atoms with Crippen molar-refractivity contribution in [3.05, 3.63) is 24.3 Å². The minimum Gasteiger partial charge on any atom is -0.457 e. The summed E-state index contributed by atoms with van der Waals surface area (Å²) in [4.78, 5) is 24.8. The maximum Gasteiger partial charge on any atom is 0.306 e. The van der Waals surface area contributed by atoms with Gasteiger partial charge in [0.05, 0.1) is 0 Å². The summed E-state index contributed by atoms with van der Waals surface area (Å²) >= 11 is 0. The summed E-state index contributed by atoms with van der Waals surface area (Å²) in [5.41, 5.74) is 0. The molecule has 1 aliphatic heterocycles. The number of nitrogens with one attached hydrogen (secondary N) is 1. The number of hydrogen-bond acceptors (Lipinski definition) is 5. The Morgan fingerprint density at radius 1 is 0.467 bits per heavy atom. The lowest BCUT2D eigenvalue weighted by Crippen LogP contribution is -2.33. The Bertz CT molecular complexity index is 674. The molecule has 0 aromatic heterocycles. The highest BCUT2D eigenvalue weighted by molar-refractivity contribution is 5.70. The van der Waals surface area contributed by atoms with Gasteiger partial charge in [-0.25, -0.2) is 0 Å². The minimum atomic E-state index is -0.362. The van der Waals surface area contributed by atoms with Crippen LogP contribution in [0.2, 0.25) is 0 Å². The van der Waals surface area contributed by atoms with E-state index in [4.69, 9.17) is 9.47 Å². The van der Waals surface area contributed by atoms with E-state index in [-0.39, 0.29) is 24.1 Å². The smallest absolute Gasteiger partial charge is 0.306 e. The first-order chi connectivity index (χ1) is 22.2. The van der Waals surface area contributed by atoms with Gasteiger partial charge in [-0.05, 0) is 64.2 Å². The molecule has 0 saturated carbocycles. The van der Waals surface area contributed by atoms with E-state index in [1.165, 1.54) is 141 Å².